The lowest BCUT2D eigenvalue weighted by molar-refractivity contribution is -0.143. The molecule has 3 aromatic rings. The molecule has 0 amide bonds. The molecule has 0 saturated heterocycles. The second-order valence-corrected chi connectivity index (χ2v) is 11.7. The zero-order valence-electron chi connectivity index (χ0n) is 25.9. The Morgan fingerprint density at radius 1 is 0.956 bits per heavy atom. The Labute approximate surface area is 278 Å². The normalized spacial score (nSPS) is 14.4. The Morgan fingerprint density at radius 3 is 2.33 bits per heavy atom. The van der Waals surface area contributed by atoms with Crippen LogP contribution in [-0.2, 0) is 19.1 Å². The number of methoxy groups -OCH3 is 1. The smallest absolute Gasteiger partial charge is 0.343 e. The van der Waals surface area contributed by atoms with Gasteiger partial charge in [0.15, 0.2) is 34.4 Å². The maximum absolute atomic E-state index is 14.1. The molecule has 0 bridgehead atoms. The van der Waals surface area contributed by atoms with Crippen LogP contribution >= 0.6 is 33.9 Å². The van der Waals surface area contributed by atoms with Gasteiger partial charge >= 0.3 is 11.9 Å². The number of ether oxygens (including phenoxy) is 6. The van der Waals surface area contributed by atoms with Crippen LogP contribution in [0.25, 0.3) is 6.08 Å². The van der Waals surface area contributed by atoms with Gasteiger partial charge in [-0.25, -0.2) is 14.6 Å². The number of rotatable bonds is 13. The van der Waals surface area contributed by atoms with E-state index in [1.54, 1.807) is 38.1 Å². The Balaban J connectivity index is 1.90. The maximum atomic E-state index is 14.1. The number of esters is 2. The molecule has 2 heterocycles. The average Bonchev–Trinajstić information content (AvgIpc) is 3.31. The number of hydrogen-bond donors (Lipinski definition) is 0. The number of benzene rings is 2. The third-order valence-electron chi connectivity index (χ3n) is 6.59. The lowest BCUT2D eigenvalue weighted by atomic mass is 9.95. The van der Waals surface area contributed by atoms with Crippen molar-refractivity contribution in [1.82, 2.24) is 4.57 Å². The number of fused-ring (bicyclic) bond motifs is 1. The predicted molar refractivity (Wildman–Crippen MR) is 177 cm³/mol. The standard InChI is InChI=1S/C32H35IN2O9S/c1-7-40-23-16-20(11-12-22(23)44-17-26(36)39-6)28-27(31(38)43-10-4)18(5)34-32-35(28)30(37)25(45-32)15-19-13-21(33)29(42-9-3)24(14-19)41-8-2/h11-16,28H,7-10,17H2,1-6H3/b25-15+/t28-/m1/s1. The summed E-state index contributed by atoms with van der Waals surface area (Å²) in [6.07, 6.45) is 1.78. The molecule has 45 heavy (non-hydrogen) atoms. The van der Waals surface area contributed by atoms with E-state index < -0.39 is 18.0 Å². The maximum Gasteiger partial charge on any atom is 0.343 e. The summed E-state index contributed by atoms with van der Waals surface area (Å²) in [6.45, 7) is 10.1. The van der Waals surface area contributed by atoms with Crippen LogP contribution in [0.4, 0.5) is 0 Å². The summed E-state index contributed by atoms with van der Waals surface area (Å²) in [5.41, 5.74) is 1.66. The van der Waals surface area contributed by atoms with Gasteiger partial charge in [-0.3, -0.25) is 9.36 Å². The molecule has 2 aromatic carbocycles. The molecule has 0 unspecified atom stereocenters. The van der Waals surface area contributed by atoms with Gasteiger partial charge in [0.1, 0.15) is 0 Å². The minimum absolute atomic E-state index is 0.149. The van der Waals surface area contributed by atoms with E-state index in [0.29, 0.717) is 63.4 Å². The number of allylic oxidation sites excluding steroid dienone is 1. The van der Waals surface area contributed by atoms with Gasteiger partial charge in [-0.05, 0) is 98.7 Å². The molecule has 11 nitrogen and oxygen atoms in total. The second-order valence-electron chi connectivity index (χ2n) is 9.50. The predicted octanol–water partition coefficient (Wildman–Crippen LogP) is 4.15. The minimum atomic E-state index is -0.865. The van der Waals surface area contributed by atoms with Gasteiger partial charge in [-0.2, -0.15) is 0 Å². The first kappa shape index (κ1) is 34.0. The zero-order valence-corrected chi connectivity index (χ0v) is 28.9. The summed E-state index contributed by atoms with van der Waals surface area (Å²) >= 11 is 3.41. The first-order valence-corrected chi connectivity index (χ1v) is 16.3. The summed E-state index contributed by atoms with van der Waals surface area (Å²) in [5.74, 6) is 0.758. The minimum Gasteiger partial charge on any atom is -0.490 e. The number of carbonyl (C=O) groups is 2. The van der Waals surface area contributed by atoms with Crippen molar-refractivity contribution >= 4 is 51.9 Å². The Morgan fingerprint density at radius 2 is 1.67 bits per heavy atom. The molecule has 0 fully saturated rings. The SMILES string of the molecule is CCOC(=O)C1=C(C)N=c2s/c(=C/c3cc(I)c(OCC)c(OCC)c3)c(=O)n2[C@@H]1c1ccc(OCC(=O)OC)c(OCC)c1. The highest BCUT2D eigenvalue weighted by Gasteiger charge is 2.34. The summed E-state index contributed by atoms with van der Waals surface area (Å²) < 4.78 is 35.9. The van der Waals surface area contributed by atoms with Crippen molar-refractivity contribution in [3.05, 3.63) is 76.0 Å². The van der Waals surface area contributed by atoms with Crippen molar-refractivity contribution in [2.45, 2.75) is 40.7 Å². The Bertz CT molecular complexity index is 1790. The summed E-state index contributed by atoms with van der Waals surface area (Å²) in [5, 5.41) is 0. The molecular formula is C32H35IN2O9S. The summed E-state index contributed by atoms with van der Waals surface area (Å²) in [6, 6.07) is 7.94. The van der Waals surface area contributed by atoms with Crippen LogP contribution in [-0.4, -0.2) is 56.6 Å². The molecule has 0 saturated carbocycles. The molecule has 1 aliphatic rings. The van der Waals surface area contributed by atoms with Crippen LogP contribution in [0.1, 0.15) is 51.8 Å². The molecule has 0 radical (unpaired) electrons. The van der Waals surface area contributed by atoms with Gasteiger partial charge in [0, 0.05) is 0 Å². The van der Waals surface area contributed by atoms with Crippen molar-refractivity contribution in [2.75, 3.05) is 40.1 Å². The second kappa shape index (κ2) is 15.4. The highest BCUT2D eigenvalue weighted by Crippen LogP contribution is 2.37. The van der Waals surface area contributed by atoms with Crippen LogP contribution in [0, 0.1) is 3.57 Å². The lowest BCUT2D eigenvalue weighted by Gasteiger charge is -2.25. The van der Waals surface area contributed by atoms with E-state index in [2.05, 4.69) is 32.3 Å². The summed E-state index contributed by atoms with van der Waals surface area (Å²) in [4.78, 5) is 44.2. The molecule has 1 aliphatic heterocycles. The fraction of sp³-hybridized carbons (Fsp3) is 0.375. The van der Waals surface area contributed by atoms with Crippen molar-refractivity contribution in [3.63, 3.8) is 0 Å². The largest absolute Gasteiger partial charge is 0.490 e. The van der Waals surface area contributed by atoms with E-state index in [9.17, 15) is 14.4 Å². The van der Waals surface area contributed by atoms with Crippen LogP contribution in [0.3, 0.4) is 0 Å². The van der Waals surface area contributed by atoms with E-state index in [-0.39, 0.29) is 24.3 Å². The molecule has 240 valence electrons. The van der Waals surface area contributed by atoms with Crippen molar-refractivity contribution in [3.8, 4) is 23.0 Å². The lowest BCUT2D eigenvalue weighted by Crippen LogP contribution is -2.40. The Kier molecular flexibility index (Phi) is 11.7. The molecule has 1 atom stereocenters. The summed E-state index contributed by atoms with van der Waals surface area (Å²) in [7, 11) is 1.27. The van der Waals surface area contributed by atoms with Gasteiger partial charge in [0.2, 0.25) is 0 Å². The molecule has 0 spiro atoms. The average molecular weight is 751 g/mol. The molecule has 0 aliphatic carbocycles. The van der Waals surface area contributed by atoms with Gasteiger partial charge in [0.05, 0.1) is 59.0 Å². The van der Waals surface area contributed by atoms with Crippen LogP contribution in [0.2, 0.25) is 0 Å². The van der Waals surface area contributed by atoms with E-state index in [0.717, 1.165) is 9.13 Å². The van der Waals surface area contributed by atoms with Crippen molar-refractivity contribution in [2.24, 2.45) is 4.99 Å². The van der Waals surface area contributed by atoms with Crippen molar-refractivity contribution in [1.29, 1.82) is 0 Å². The van der Waals surface area contributed by atoms with E-state index in [1.165, 1.54) is 23.0 Å². The first-order chi connectivity index (χ1) is 21.7. The topological polar surface area (TPSA) is 124 Å². The van der Waals surface area contributed by atoms with Crippen LogP contribution < -0.4 is 33.8 Å². The van der Waals surface area contributed by atoms with E-state index >= 15 is 0 Å². The van der Waals surface area contributed by atoms with Gasteiger partial charge in [-0.15, -0.1) is 0 Å². The van der Waals surface area contributed by atoms with Crippen LogP contribution in [0.15, 0.2) is 51.4 Å². The van der Waals surface area contributed by atoms with E-state index in [4.69, 9.17) is 23.7 Å². The first-order valence-electron chi connectivity index (χ1n) is 14.4. The Hall–Kier alpha value is -3.85. The molecular weight excluding hydrogens is 715 g/mol. The molecule has 0 N–H and O–H groups in total. The van der Waals surface area contributed by atoms with Gasteiger partial charge in [-0.1, -0.05) is 17.4 Å². The number of hydrogen-bond acceptors (Lipinski definition) is 11. The third-order valence-corrected chi connectivity index (χ3v) is 8.38. The monoisotopic (exact) mass is 750 g/mol. The number of aromatic nitrogens is 1. The number of nitrogens with zero attached hydrogens (tertiary/aromatic N) is 2. The highest BCUT2D eigenvalue weighted by molar-refractivity contribution is 14.1. The molecule has 1 aromatic heterocycles. The van der Waals surface area contributed by atoms with Gasteiger partial charge in [0.25, 0.3) is 5.56 Å². The highest BCUT2D eigenvalue weighted by atomic mass is 127. The number of thiazole rings is 1. The zero-order chi connectivity index (χ0) is 32.7. The van der Waals surface area contributed by atoms with Gasteiger partial charge < -0.3 is 28.4 Å². The number of carbonyl (C=O) groups excluding carboxylic acids is 2. The van der Waals surface area contributed by atoms with E-state index in [1.807, 2.05) is 32.9 Å². The fourth-order valence-electron chi connectivity index (χ4n) is 4.75. The third kappa shape index (κ3) is 7.52. The molecule has 13 heteroatoms. The number of halogens is 1. The molecule has 4 rings (SSSR count). The fourth-order valence-corrected chi connectivity index (χ4v) is 6.58. The van der Waals surface area contributed by atoms with Crippen molar-refractivity contribution < 1.29 is 38.0 Å². The van der Waals surface area contributed by atoms with Crippen LogP contribution in [0.5, 0.6) is 23.0 Å². The quantitative estimate of drug-likeness (QED) is 0.187.